The highest BCUT2D eigenvalue weighted by molar-refractivity contribution is 5.33. The molecule has 0 aliphatic heterocycles. The maximum absolute atomic E-state index is 8.56. The molecular weight excluding hydrogens is 224 g/mol. The average molecular weight is 246 g/mol. The van der Waals surface area contributed by atoms with E-state index >= 15 is 0 Å². The molecule has 1 N–H and O–H groups in total. The molecule has 0 amide bonds. The molecule has 3 heteroatoms. The van der Waals surface area contributed by atoms with Crippen molar-refractivity contribution >= 4 is 0 Å². The Morgan fingerprint density at radius 3 is 2.67 bits per heavy atom. The quantitative estimate of drug-likeness (QED) is 0.804. The van der Waals surface area contributed by atoms with E-state index in [0.29, 0.717) is 12.0 Å². The van der Waals surface area contributed by atoms with Crippen molar-refractivity contribution in [3.63, 3.8) is 0 Å². The minimum atomic E-state index is 0.0956. The number of nitrogens with zero attached hydrogens (tertiary/aromatic N) is 1. The molecule has 1 aromatic carbocycles. The van der Waals surface area contributed by atoms with Crippen molar-refractivity contribution in [2.24, 2.45) is 5.92 Å². The highest BCUT2D eigenvalue weighted by atomic mass is 16.5. The van der Waals surface area contributed by atoms with Gasteiger partial charge in [0.2, 0.25) is 0 Å². The van der Waals surface area contributed by atoms with Gasteiger partial charge in [-0.25, -0.2) is 0 Å². The standard InChI is InChI=1S/C15H22N2O/c1-4-14(12(2)3)17-11-13-7-5-6-8-15(13)18-10-9-16/h5-8,12,14,17H,4,10-11H2,1-3H3. The topological polar surface area (TPSA) is 45.0 Å². The molecule has 98 valence electrons. The SMILES string of the molecule is CCC(NCc1ccccc1OCC#N)C(C)C. The van der Waals surface area contributed by atoms with Gasteiger partial charge in [-0.15, -0.1) is 0 Å². The fourth-order valence-electron chi connectivity index (χ4n) is 1.99. The minimum Gasteiger partial charge on any atom is -0.478 e. The van der Waals surface area contributed by atoms with E-state index in [1.807, 2.05) is 30.3 Å². The second-order valence-electron chi connectivity index (χ2n) is 4.69. The fraction of sp³-hybridized carbons (Fsp3) is 0.533. The third-order valence-electron chi connectivity index (χ3n) is 3.06. The van der Waals surface area contributed by atoms with Crippen molar-refractivity contribution in [1.29, 1.82) is 5.26 Å². The summed E-state index contributed by atoms with van der Waals surface area (Å²) < 4.78 is 5.41. The molecule has 0 heterocycles. The van der Waals surface area contributed by atoms with Gasteiger partial charge in [0.05, 0.1) is 0 Å². The summed E-state index contributed by atoms with van der Waals surface area (Å²) in [4.78, 5) is 0. The van der Waals surface area contributed by atoms with E-state index in [1.54, 1.807) is 0 Å². The van der Waals surface area contributed by atoms with E-state index in [0.717, 1.165) is 24.3 Å². The second kappa shape index (κ2) is 7.73. The summed E-state index contributed by atoms with van der Waals surface area (Å²) in [5, 5.41) is 12.1. The van der Waals surface area contributed by atoms with E-state index in [4.69, 9.17) is 10.00 Å². The van der Waals surface area contributed by atoms with Crippen LogP contribution in [0.25, 0.3) is 0 Å². The molecule has 18 heavy (non-hydrogen) atoms. The van der Waals surface area contributed by atoms with Gasteiger partial charge in [-0.1, -0.05) is 39.0 Å². The molecule has 0 fully saturated rings. The first-order chi connectivity index (χ1) is 8.69. The summed E-state index contributed by atoms with van der Waals surface area (Å²) in [6.45, 7) is 7.50. The molecule has 1 unspecified atom stereocenters. The van der Waals surface area contributed by atoms with E-state index in [9.17, 15) is 0 Å². The lowest BCUT2D eigenvalue weighted by atomic mass is 10.0. The predicted molar refractivity (Wildman–Crippen MR) is 73.3 cm³/mol. The van der Waals surface area contributed by atoms with Crippen LogP contribution in [-0.4, -0.2) is 12.6 Å². The minimum absolute atomic E-state index is 0.0956. The average Bonchev–Trinajstić information content (AvgIpc) is 2.38. The molecule has 0 saturated carbocycles. The van der Waals surface area contributed by atoms with Crippen LogP contribution < -0.4 is 10.1 Å². The monoisotopic (exact) mass is 246 g/mol. The first kappa shape index (κ1) is 14.5. The molecule has 0 saturated heterocycles. The summed E-state index contributed by atoms with van der Waals surface area (Å²) in [6.07, 6.45) is 1.11. The maximum Gasteiger partial charge on any atom is 0.174 e. The molecule has 0 aliphatic carbocycles. The predicted octanol–water partition coefficient (Wildman–Crippen LogP) is 3.11. The highest BCUT2D eigenvalue weighted by Crippen LogP contribution is 2.18. The summed E-state index contributed by atoms with van der Waals surface area (Å²) in [5.41, 5.74) is 1.10. The van der Waals surface area contributed by atoms with Gasteiger partial charge in [0.25, 0.3) is 0 Å². The van der Waals surface area contributed by atoms with Crippen molar-refractivity contribution in [3.8, 4) is 11.8 Å². The van der Waals surface area contributed by atoms with Gasteiger partial charge < -0.3 is 10.1 Å². The molecule has 0 spiro atoms. The number of nitriles is 1. The summed E-state index contributed by atoms with van der Waals surface area (Å²) in [6, 6.07) is 10.4. The Bertz CT molecular complexity index is 396. The maximum atomic E-state index is 8.56. The number of rotatable bonds is 7. The van der Waals surface area contributed by atoms with Crippen LogP contribution in [-0.2, 0) is 6.54 Å². The third-order valence-corrected chi connectivity index (χ3v) is 3.06. The highest BCUT2D eigenvalue weighted by Gasteiger charge is 2.11. The van der Waals surface area contributed by atoms with Gasteiger partial charge in [-0.3, -0.25) is 0 Å². The first-order valence-corrected chi connectivity index (χ1v) is 6.50. The van der Waals surface area contributed by atoms with Gasteiger partial charge in [-0.2, -0.15) is 5.26 Å². The number of benzene rings is 1. The molecule has 1 atom stereocenters. The van der Waals surface area contributed by atoms with Crippen molar-refractivity contribution in [2.45, 2.75) is 39.8 Å². The molecule has 1 aromatic rings. The van der Waals surface area contributed by atoms with E-state index in [2.05, 4.69) is 26.1 Å². The van der Waals surface area contributed by atoms with E-state index < -0.39 is 0 Å². The second-order valence-corrected chi connectivity index (χ2v) is 4.69. The number of nitrogens with one attached hydrogen (secondary N) is 1. The number of hydrogen-bond acceptors (Lipinski definition) is 3. The Balaban J connectivity index is 2.63. The van der Waals surface area contributed by atoms with E-state index in [-0.39, 0.29) is 6.61 Å². The van der Waals surface area contributed by atoms with Crippen LogP contribution in [0.1, 0.15) is 32.8 Å². The van der Waals surface area contributed by atoms with Crippen LogP contribution in [0.5, 0.6) is 5.75 Å². The molecule has 3 nitrogen and oxygen atoms in total. The largest absolute Gasteiger partial charge is 0.478 e. The van der Waals surface area contributed by atoms with E-state index in [1.165, 1.54) is 0 Å². The molecule has 0 bridgehead atoms. The van der Waals surface area contributed by atoms with Gasteiger partial charge in [0, 0.05) is 18.2 Å². The Labute approximate surface area is 110 Å². The molecule has 0 radical (unpaired) electrons. The Kier molecular flexibility index (Phi) is 6.24. The van der Waals surface area contributed by atoms with Crippen LogP contribution in [0, 0.1) is 17.2 Å². The van der Waals surface area contributed by atoms with Gasteiger partial charge >= 0.3 is 0 Å². The molecule has 0 aromatic heterocycles. The summed E-state index contributed by atoms with van der Waals surface area (Å²) >= 11 is 0. The van der Waals surface area contributed by atoms with Gasteiger partial charge in [-0.05, 0) is 18.4 Å². The van der Waals surface area contributed by atoms with Crippen molar-refractivity contribution in [2.75, 3.05) is 6.61 Å². The third kappa shape index (κ3) is 4.38. The van der Waals surface area contributed by atoms with Gasteiger partial charge in [0.1, 0.15) is 11.8 Å². The Morgan fingerprint density at radius 2 is 2.06 bits per heavy atom. The van der Waals surface area contributed by atoms with Crippen LogP contribution >= 0.6 is 0 Å². The van der Waals surface area contributed by atoms with Crippen LogP contribution in [0.2, 0.25) is 0 Å². The van der Waals surface area contributed by atoms with Crippen LogP contribution in [0.15, 0.2) is 24.3 Å². The van der Waals surface area contributed by atoms with Crippen molar-refractivity contribution < 1.29 is 4.74 Å². The number of hydrogen-bond donors (Lipinski definition) is 1. The fourth-order valence-corrected chi connectivity index (χ4v) is 1.99. The Morgan fingerprint density at radius 1 is 1.33 bits per heavy atom. The molecular formula is C15H22N2O. The zero-order valence-corrected chi connectivity index (χ0v) is 11.4. The van der Waals surface area contributed by atoms with Crippen LogP contribution in [0.3, 0.4) is 0 Å². The lowest BCUT2D eigenvalue weighted by molar-refractivity contribution is 0.353. The zero-order chi connectivity index (χ0) is 13.4. The lowest BCUT2D eigenvalue weighted by Crippen LogP contribution is -2.32. The zero-order valence-electron chi connectivity index (χ0n) is 11.4. The molecule has 1 rings (SSSR count). The smallest absolute Gasteiger partial charge is 0.174 e. The number of para-hydroxylation sites is 1. The first-order valence-electron chi connectivity index (χ1n) is 6.50. The summed E-state index contributed by atoms with van der Waals surface area (Å²) in [7, 11) is 0. The van der Waals surface area contributed by atoms with Crippen LogP contribution in [0.4, 0.5) is 0 Å². The molecule has 0 aliphatic rings. The summed E-state index contributed by atoms with van der Waals surface area (Å²) in [5.74, 6) is 1.41. The van der Waals surface area contributed by atoms with Crippen molar-refractivity contribution in [3.05, 3.63) is 29.8 Å². The Hall–Kier alpha value is -1.53. The van der Waals surface area contributed by atoms with Crippen molar-refractivity contribution in [1.82, 2.24) is 5.32 Å². The normalized spacial score (nSPS) is 12.2. The van der Waals surface area contributed by atoms with Gasteiger partial charge in [0.15, 0.2) is 6.61 Å². The lowest BCUT2D eigenvalue weighted by Gasteiger charge is -2.21. The number of ether oxygens (including phenoxy) is 1.